The van der Waals surface area contributed by atoms with Gasteiger partial charge in [-0.05, 0) is 49.3 Å². The molecule has 0 aliphatic carbocycles. The van der Waals surface area contributed by atoms with Gasteiger partial charge in [0.2, 0.25) is 0 Å². The summed E-state index contributed by atoms with van der Waals surface area (Å²) < 4.78 is 26.6. The minimum absolute atomic E-state index is 0.161. The number of urea groups is 1. The second-order valence-corrected chi connectivity index (χ2v) is 6.78. The lowest BCUT2D eigenvalue weighted by molar-refractivity contribution is 0.167. The number of halogens is 2. The maximum atomic E-state index is 13.7. The molecule has 1 aliphatic heterocycles. The van der Waals surface area contributed by atoms with Gasteiger partial charge in [0.15, 0.2) is 0 Å². The molecule has 1 saturated heterocycles. The van der Waals surface area contributed by atoms with Crippen LogP contribution >= 0.6 is 0 Å². The van der Waals surface area contributed by atoms with Crippen LogP contribution in [-0.4, -0.2) is 34.2 Å². The summed E-state index contributed by atoms with van der Waals surface area (Å²) >= 11 is 0. The van der Waals surface area contributed by atoms with Gasteiger partial charge in [0.05, 0.1) is 12.2 Å². The molecule has 27 heavy (non-hydrogen) atoms. The van der Waals surface area contributed by atoms with E-state index in [1.807, 2.05) is 0 Å². The fraction of sp³-hybridized carbons (Fsp3) is 0.421. The fourth-order valence-corrected chi connectivity index (χ4v) is 3.26. The van der Waals surface area contributed by atoms with Crippen molar-refractivity contribution < 1.29 is 13.6 Å². The van der Waals surface area contributed by atoms with E-state index >= 15 is 0 Å². The molecule has 1 aliphatic rings. The first-order chi connectivity index (χ1) is 13.0. The first-order valence-corrected chi connectivity index (χ1v) is 9.02. The Morgan fingerprint density at radius 1 is 1.22 bits per heavy atom. The van der Waals surface area contributed by atoms with Gasteiger partial charge in [-0.3, -0.25) is 4.79 Å². The summed E-state index contributed by atoms with van der Waals surface area (Å²) in [5, 5.41) is 8.96. The molecular formula is C19H22F2N4O2. The number of likely N-dealkylation sites (tertiary alicyclic amines) is 1. The summed E-state index contributed by atoms with van der Waals surface area (Å²) in [4.78, 5) is 24.9. The summed E-state index contributed by atoms with van der Waals surface area (Å²) in [6.45, 7) is 1.53. The number of aromatic nitrogens is 2. The number of aromatic amines is 1. The summed E-state index contributed by atoms with van der Waals surface area (Å²) in [5.74, 6) is -0.644. The van der Waals surface area contributed by atoms with E-state index in [0.29, 0.717) is 36.7 Å². The quantitative estimate of drug-likeness (QED) is 0.842. The Morgan fingerprint density at radius 2 is 2.00 bits per heavy atom. The average Bonchev–Trinajstić information content (AvgIpc) is 2.67. The number of carbonyl (C=O) groups is 1. The molecule has 1 aromatic heterocycles. The van der Waals surface area contributed by atoms with Gasteiger partial charge in [0.25, 0.3) is 5.56 Å². The third-order valence-electron chi connectivity index (χ3n) is 4.90. The summed E-state index contributed by atoms with van der Waals surface area (Å²) in [7, 11) is 0. The van der Waals surface area contributed by atoms with Gasteiger partial charge in [-0.15, -0.1) is 0 Å². The molecule has 0 unspecified atom stereocenters. The number of benzene rings is 1. The van der Waals surface area contributed by atoms with Crippen molar-refractivity contribution in [2.24, 2.45) is 5.92 Å². The standard InChI is InChI=1S/C19H22F2N4O2/c20-15-4-3-14(17(21)11-15)2-1-13-7-9-25(10-8-13)19(27)22-12-16-5-6-18(26)24-23-16/h3-6,11,13H,1-2,7-10,12H2,(H,22,27)(H,24,26). The van der Waals surface area contributed by atoms with Gasteiger partial charge in [0.1, 0.15) is 11.6 Å². The van der Waals surface area contributed by atoms with Gasteiger partial charge in [-0.2, -0.15) is 5.10 Å². The minimum atomic E-state index is -0.562. The number of hydrogen-bond acceptors (Lipinski definition) is 3. The van der Waals surface area contributed by atoms with Crippen LogP contribution in [0, 0.1) is 17.6 Å². The number of nitrogens with zero attached hydrogens (tertiary/aromatic N) is 2. The smallest absolute Gasteiger partial charge is 0.317 e. The van der Waals surface area contributed by atoms with Crippen LogP contribution in [-0.2, 0) is 13.0 Å². The number of amides is 2. The third-order valence-corrected chi connectivity index (χ3v) is 4.90. The van der Waals surface area contributed by atoms with Crippen LogP contribution in [0.1, 0.15) is 30.5 Å². The summed E-state index contributed by atoms with van der Waals surface area (Å²) in [6.07, 6.45) is 3.10. The van der Waals surface area contributed by atoms with Crippen molar-refractivity contribution in [3.63, 3.8) is 0 Å². The lowest BCUT2D eigenvalue weighted by Crippen LogP contribution is -2.44. The molecule has 2 amide bonds. The molecule has 0 spiro atoms. The normalized spacial score (nSPS) is 15.0. The first kappa shape index (κ1) is 19.0. The Bertz CT molecular complexity index is 827. The molecule has 1 fully saturated rings. The van der Waals surface area contributed by atoms with E-state index in [-0.39, 0.29) is 18.1 Å². The maximum Gasteiger partial charge on any atom is 0.317 e. The predicted molar refractivity (Wildman–Crippen MR) is 96.1 cm³/mol. The van der Waals surface area contributed by atoms with Crippen LogP contribution in [0.3, 0.4) is 0 Å². The molecule has 1 aromatic carbocycles. The van der Waals surface area contributed by atoms with Gasteiger partial charge in [-0.1, -0.05) is 6.07 Å². The average molecular weight is 376 g/mol. The molecule has 6 nitrogen and oxygen atoms in total. The lowest BCUT2D eigenvalue weighted by atomic mass is 9.90. The van der Waals surface area contributed by atoms with Crippen molar-refractivity contribution in [1.82, 2.24) is 20.4 Å². The molecule has 0 radical (unpaired) electrons. The monoisotopic (exact) mass is 376 g/mol. The van der Waals surface area contributed by atoms with Crippen molar-refractivity contribution >= 4 is 6.03 Å². The largest absolute Gasteiger partial charge is 0.332 e. The van der Waals surface area contributed by atoms with Crippen LogP contribution in [0.15, 0.2) is 35.1 Å². The number of carbonyl (C=O) groups excluding carboxylic acids is 1. The summed E-state index contributed by atoms with van der Waals surface area (Å²) in [5.41, 5.74) is 0.830. The van der Waals surface area contributed by atoms with Gasteiger partial charge < -0.3 is 10.2 Å². The Morgan fingerprint density at radius 3 is 2.67 bits per heavy atom. The first-order valence-electron chi connectivity index (χ1n) is 9.02. The third kappa shape index (κ3) is 5.35. The van der Waals surface area contributed by atoms with E-state index in [0.717, 1.165) is 25.3 Å². The molecule has 0 bridgehead atoms. The molecule has 144 valence electrons. The molecule has 2 aromatic rings. The highest BCUT2D eigenvalue weighted by Crippen LogP contribution is 2.23. The Kier molecular flexibility index (Phi) is 6.16. The second-order valence-electron chi connectivity index (χ2n) is 6.78. The molecule has 0 saturated carbocycles. The van der Waals surface area contributed by atoms with Crippen molar-refractivity contribution in [2.75, 3.05) is 13.1 Å². The Balaban J connectivity index is 1.40. The highest BCUT2D eigenvalue weighted by molar-refractivity contribution is 5.74. The predicted octanol–water partition coefficient (Wildman–Crippen LogP) is 2.60. The highest BCUT2D eigenvalue weighted by atomic mass is 19.1. The maximum absolute atomic E-state index is 13.7. The van der Waals surface area contributed by atoms with Crippen LogP contribution in [0.5, 0.6) is 0 Å². The number of aryl methyl sites for hydroxylation is 1. The molecule has 2 N–H and O–H groups in total. The summed E-state index contributed by atoms with van der Waals surface area (Å²) in [6, 6.07) is 6.47. The Labute approximate surface area is 155 Å². The minimum Gasteiger partial charge on any atom is -0.332 e. The van der Waals surface area contributed by atoms with Gasteiger partial charge >= 0.3 is 6.03 Å². The number of hydrogen-bond donors (Lipinski definition) is 2. The van der Waals surface area contributed by atoms with Crippen molar-refractivity contribution in [3.8, 4) is 0 Å². The lowest BCUT2D eigenvalue weighted by Gasteiger charge is -2.32. The Hall–Kier alpha value is -2.77. The number of piperidine rings is 1. The van der Waals surface area contributed by atoms with Crippen LogP contribution < -0.4 is 10.9 Å². The van der Waals surface area contributed by atoms with Crippen LogP contribution in [0.4, 0.5) is 13.6 Å². The molecule has 0 atom stereocenters. The van der Waals surface area contributed by atoms with E-state index in [9.17, 15) is 18.4 Å². The molecular weight excluding hydrogens is 354 g/mol. The van der Waals surface area contributed by atoms with Gasteiger partial charge in [-0.25, -0.2) is 18.7 Å². The van der Waals surface area contributed by atoms with Crippen LogP contribution in [0.2, 0.25) is 0 Å². The molecule has 2 heterocycles. The zero-order chi connectivity index (χ0) is 19.2. The fourth-order valence-electron chi connectivity index (χ4n) is 3.26. The zero-order valence-corrected chi connectivity index (χ0v) is 14.9. The number of rotatable bonds is 5. The second kappa shape index (κ2) is 8.75. The van der Waals surface area contributed by atoms with Gasteiger partial charge in [0, 0.05) is 25.2 Å². The molecule has 3 rings (SSSR count). The SMILES string of the molecule is O=C(NCc1ccc(=O)[nH]n1)N1CCC(CCc2ccc(F)cc2F)CC1. The van der Waals surface area contributed by atoms with Crippen molar-refractivity contribution in [1.29, 1.82) is 0 Å². The van der Waals surface area contributed by atoms with E-state index in [1.165, 1.54) is 18.2 Å². The zero-order valence-electron chi connectivity index (χ0n) is 14.9. The van der Waals surface area contributed by atoms with Crippen LogP contribution in [0.25, 0.3) is 0 Å². The highest BCUT2D eigenvalue weighted by Gasteiger charge is 2.22. The topological polar surface area (TPSA) is 78.1 Å². The van der Waals surface area contributed by atoms with E-state index in [2.05, 4.69) is 15.5 Å². The number of nitrogens with one attached hydrogen (secondary N) is 2. The molecule has 8 heteroatoms. The van der Waals surface area contributed by atoms with E-state index < -0.39 is 11.6 Å². The van der Waals surface area contributed by atoms with Crippen molar-refractivity contribution in [2.45, 2.75) is 32.2 Å². The number of H-pyrrole nitrogens is 1. The van der Waals surface area contributed by atoms with E-state index in [1.54, 1.807) is 11.0 Å². The van der Waals surface area contributed by atoms with E-state index in [4.69, 9.17) is 0 Å². The van der Waals surface area contributed by atoms with Crippen molar-refractivity contribution in [3.05, 3.63) is 63.6 Å².